The molecule has 3 aromatic heterocycles. The summed E-state index contributed by atoms with van der Waals surface area (Å²) in [5, 5.41) is 15.4. The molecule has 0 spiro atoms. The molecule has 0 aliphatic rings. The second kappa shape index (κ2) is 12.7. The molecule has 230 valence electrons. The summed E-state index contributed by atoms with van der Waals surface area (Å²) in [6.07, 6.45) is -0.200. The van der Waals surface area contributed by atoms with Crippen LogP contribution in [0.5, 0.6) is 11.8 Å². The first-order valence-electron chi connectivity index (χ1n) is 13.6. The monoisotopic (exact) mass is 627 g/mol. The molecule has 0 bridgehead atoms. The molecular formula is C33H28FN4O6S-. The Morgan fingerprint density at radius 2 is 1.76 bits per heavy atom. The van der Waals surface area contributed by atoms with Crippen molar-refractivity contribution in [3.8, 4) is 34.3 Å². The number of benzene rings is 3. The molecule has 45 heavy (non-hydrogen) atoms. The number of methoxy groups -OCH3 is 1. The van der Waals surface area contributed by atoms with Gasteiger partial charge in [-0.05, 0) is 53.9 Å². The normalized spacial score (nSPS) is 11.0. The number of carbonyl (C=O) groups excluding carboxylic acids is 1. The molecule has 0 aliphatic carbocycles. The van der Waals surface area contributed by atoms with Crippen molar-refractivity contribution in [3.63, 3.8) is 0 Å². The highest BCUT2D eigenvalue weighted by atomic mass is 32.1. The second-order valence-corrected chi connectivity index (χ2v) is 11.0. The number of nitrogens with zero attached hydrogens (tertiary/aromatic N) is 4. The van der Waals surface area contributed by atoms with Crippen LogP contribution in [0.2, 0.25) is 0 Å². The van der Waals surface area contributed by atoms with Gasteiger partial charge in [0.15, 0.2) is 17.7 Å². The summed E-state index contributed by atoms with van der Waals surface area (Å²) in [7, 11) is 1.51. The molecule has 3 heterocycles. The fraction of sp³-hybridized carbons (Fsp3) is 0.182. The molecule has 0 N–H and O–H groups in total. The largest absolute Gasteiger partial charge is 0.528 e. The van der Waals surface area contributed by atoms with Crippen molar-refractivity contribution in [2.75, 3.05) is 7.11 Å². The molecule has 0 aliphatic heterocycles. The lowest BCUT2D eigenvalue weighted by atomic mass is 9.98. The molecule has 10 nitrogen and oxygen atoms in total. The van der Waals surface area contributed by atoms with Crippen LogP contribution < -0.4 is 21.1 Å². The van der Waals surface area contributed by atoms with Gasteiger partial charge in [-0.2, -0.15) is 5.16 Å². The highest BCUT2D eigenvalue weighted by Crippen LogP contribution is 2.32. The van der Waals surface area contributed by atoms with Gasteiger partial charge in [0, 0.05) is 21.6 Å². The number of halogens is 1. The number of aromatic nitrogens is 4. The predicted octanol–water partition coefficient (Wildman–Crippen LogP) is 5.29. The molecule has 0 saturated carbocycles. The van der Waals surface area contributed by atoms with Crippen LogP contribution in [0.4, 0.5) is 4.39 Å². The Labute approximate surface area is 260 Å². The summed E-state index contributed by atoms with van der Waals surface area (Å²) in [4.78, 5) is 45.3. The molecule has 6 rings (SSSR count). The lowest BCUT2D eigenvalue weighted by molar-refractivity contribution is -0.303. The smallest absolute Gasteiger partial charge is 0.332 e. The van der Waals surface area contributed by atoms with E-state index < -0.39 is 35.5 Å². The summed E-state index contributed by atoms with van der Waals surface area (Å²) in [5.74, 6) is -0.367. The second-order valence-electron chi connectivity index (χ2n) is 9.93. The Morgan fingerprint density at radius 3 is 2.40 bits per heavy atom. The van der Waals surface area contributed by atoms with Crippen LogP contribution >= 0.6 is 11.3 Å². The molecule has 0 saturated heterocycles. The van der Waals surface area contributed by atoms with Crippen LogP contribution in [0.15, 0.2) is 86.9 Å². The molecule has 0 unspecified atom stereocenters. The zero-order valence-electron chi connectivity index (χ0n) is 23.6. The van der Waals surface area contributed by atoms with Gasteiger partial charge in [0.25, 0.3) is 5.56 Å². The van der Waals surface area contributed by atoms with E-state index in [1.54, 1.807) is 66.7 Å². The number of thiophene rings is 1. The third-order valence-electron chi connectivity index (χ3n) is 7.28. The van der Waals surface area contributed by atoms with Crippen molar-refractivity contribution in [1.82, 2.24) is 19.3 Å². The maximum Gasteiger partial charge on any atom is 0.332 e. The Bertz CT molecular complexity index is 2150. The zero-order chi connectivity index (χ0) is 31.0. The number of rotatable bonds is 9. The van der Waals surface area contributed by atoms with E-state index in [4.69, 9.17) is 4.74 Å². The lowest BCUT2D eigenvalue weighted by Gasteiger charge is -2.14. The van der Waals surface area contributed by atoms with Gasteiger partial charge < -0.3 is 14.4 Å². The summed E-state index contributed by atoms with van der Waals surface area (Å²) in [6.45, 7) is 1.28. The van der Waals surface area contributed by atoms with E-state index in [-0.39, 0.29) is 30.7 Å². The lowest BCUT2D eigenvalue weighted by Crippen LogP contribution is -2.41. The van der Waals surface area contributed by atoms with Crippen LogP contribution in [0.3, 0.4) is 0 Å². The predicted molar refractivity (Wildman–Crippen MR) is 167 cm³/mol. The number of fused-ring (bicyclic) bond motifs is 1. The average Bonchev–Trinajstić information content (AvgIpc) is 3.68. The Balaban J connectivity index is 0.00000400. The van der Waals surface area contributed by atoms with Crippen LogP contribution in [0.1, 0.15) is 35.1 Å². The van der Waals surface area contributed by atoms with E-state index in [0.717, 1.165) is 9.44 Å². The topological polar surface area (TPSA) is 132 Å². The van der Waals surface area contributed by atoms with E-state index in [2.05, 4.69) is 14.7 Å². The molecule has 0 atom stereocenters. The highest BCUT2D eigenvalue weighted by molar-refractivity contribution is 7.18. The Morgan fingerprint density at radius 1 is 1.02 bits per heavy atom. The first-order chi connectivity index (χ1) is 21.3. The van der Waals surface area contributed by atoms with Gasteiger partial charge in [0.05, 0.1) is 25.6 Å². The molecule has 6 aromatic rings. The van der Waals surface area contributed by atoms with Crippen LogP contribution in [0.25, 0.3) is 32.7 Å². The van der Waals surface area contributed by atoms with Crippen LogP contribution in [0, 0.1) is 5.82 Å². The van der Waals surface area contributed by atoms with Crippen molar-refractivity contribution in [1.29, 1.82) is 0 Å². The minimum atomic E-state index is -0.833. The number of ketones is 1. The summed E-state index contributed by atoms with van der Waals surface area (Å²) >= 11 is 1.29. The van der Waals surface area contributed by atoms with Crippen LogP contribution in [-0.4, -0.2) is 32.2 Å². The standard InChI is InChI=1S/C32H25FN4O6S.CH4/c1-3-22-15-25-29(39)36(17-27(38)18-10-12-21(42-2)13-11-18)32(41)37(30(25)44-22)16-20-9-8-19(14-26(20)33)23-6-4-5-7-24(23)28-34-31(40)43-35-28;/h4-15H,3,16-17H2,1-2H3,(H,34,35,40);1H4/p-1. The summed E-state index contributed by atoms with van der Waals surface area (Å²) < 4.78 is 27.6. The van der Waals surface area contributed by atoms with Gasteiger partial charge in [-0.3, -0.25) is 18.7 Å². The number of Topliss-reactive ketones (excluding diaryl/α,β-unsaturated/α-hetero) is 1. The minimum Gasteiger partial charge on any atom is -0.528 e. The van der Waals surface area contributed by atoms with Crippen molar-refractivity contribution >= 4 is 27.3 Å². The minimum absolute atomic E-state index is 0. The third kappa shape index (κ3) is 5.92. The van der Waals surface area contributed by atoms with E-state index >= 15 is 4.39 Å². The van der Waals surface area contributed by atoms with Gasteiger partial charge in [0.1, 0.15) is 16.4 Å². The third-order valence-corrected chi connectivity index (χ3v) is 8.58. The molecule has 0 radical (unpaired) electrons. The maximum atomic E-state index is 15.7. The summed E-state index contributed by atoms with van der Waals surface area (Å²) in [5.41, 5.74) is 0.794. The number of aryl methyl sites for hydroxylation is 1. The van der Waals surface area contributed by atoms with Gasteiger partial charge >= 0.3 is 5.69 Å². The average molecular weight is 628 g/mol. The molecule has 0 fully saturated rings. The Kier molecular flexibility index (Phi) is 8.77. The quantitative estimate of drug-likeness (QED) is 0.198. The fourth-order valence-electron chi connectivity index (χ4n) is 4.98. The first kappa shape index (κ1) is 31.1. The Hall–Kier alpha value is -5.36. The van der Waals surface area contributed by atoms with Gasteiger partial charge in [-0.1, -0.05) is 50.7 Å². The molecule has 12 heteroatoms. The molecule has 0 amide bonds. The van der Waals surface area contributed by atoms with Gasteiger partial charge in [-0.25, -0.2) is 14.2 Å². The van der Waals surface area contributed by atoms with E-state index in [1.165, 1.54) is 29.1 Å². The van der Waals surface area contributed by atoms with Gasteiger partial charge in [-0.15, -0.1) is 11.3 Å². The van der Waals surface area contributed by atoms with Crippen molar-refractivity contribution in [3.05, 3.63) is 115 Å². The fourth-order valence-corrected chi connectivity index (χ4v) is 6.06. The molecular weight excluding hydrogens is 599 g/mol. The van der Waals surface area contributed by atoms with Crippen LogP contribution in [-0.2, 0) is 19.5 Å². The van der Waals surface area contributed by atoms with Gasteiger partial charge in [0.2, 0.25) is 0 Å². The van der Waals surface area contributed by atoms with E-state index in [9.17, 15) is 19.5 Å². The highest BCUT2D eigenvalue weighted by Gasteiger charge is 2.20. The zero-order valence-corrected chi connectivity index (χ0v) is 24.4. The van der Waals surface area contributed by atoms with Crippen molar-refractivity contribution in [2.24, 2.45) is 0 Å². The summed E-state index contributed by atoms with van der Waals surface area (Å²) in [6, 6.07) is 19.6. The number of ether oxygens (including phenoxy) is 1. The van der Waals surface area contributed by atoms with E-state index in [1.807, 2.05) is 6.92 Å². The number of hydrogen-bond acceptors (Lipinski definition) is 9. The number of carbonyl (C=O) groups is 1. The SMILES string of the molecule is C.CCc1cc2c(=O)n(CC(=O)c3ccc(OC)cc3)c(=O)n(Cc3ccc(-c4ccccc4-c4noc([O-])n4)cc3F)c2s1. The van der Waals surface area contributed by atoms with Crippen molar-refractivity contribution in [2.45, 2.75) is 33.9 Å². The van der Waals surface area contributed by atoms with Crippen molar-refractivity contribution < 1.29 is 23.6 Å². The number of hydrogen-bond donors (Lipinski definition) is 0. The van der Waals surface area contributed by atoms with E-state index in [0.29, 0.717) is 39.3 Å². The maximum absolute atomic E-state index is 15.7. The molecule has 3 aromatic carbocycles. The first-order valence-corrected chi connectivity index (χ1v) is 14.4.